The predicted octanol–water partition coefficient (Wildman–Crippen LogP) is 1.72. The molecule has 0 spiro atoms. The van der Waals surface area contributed by atoms with Gasteiger partial charge >= 0.3 is 0 Å². The van der Waals surface area contributed by atoms with Gasteiger partial charge in [0, 0.05) is 11.6 Å². The molecule has 0 bridgehead atoms. The average molecular weight is 348 g/mol. The van der Waals surface area contributed by atoms with Crippen LogP contribution >= 0.6 is 0 Å². The van der Waals surface area contributed by atoms with E-state index in [1.807, 2.05) is 36.4 Å². The van der Waals surface area contributed by atoms with Gasteiger partial charge in [-0.05, 0) is 30.2 Å². The first kappa shape index (κ1) is 18.1. The zero-order valence-electron chi connectivity index (χ0n) is 12.8. The summed E-state index contributed by atoms with van der Waals surface area (Å²) in [5.74, 6) is -1.29. The van der Waals surface area contributed by atoms with E-state index in [1.165, 1.54) is 12.1 Å². The van der Waals surface area contributed by atoms with Gasteiger partial charge in [-0.2, -0.15) is 5.26 Å². The van der Waals surface area contributed by atoms with Crippen molar-refractivity contribution in [2.75, 3.05) is 6.61 Å². The van der Waals surface area contributed by atoms with E-state index in [0.29, 0.717) is 6.42 Å². The van der Waals surface area contributed by atoms with Crippen molar-refractivity contribution in [2.24, 2.45) is 0 Å². The second-order valence-corrected chi connectivity index (χ2v) is 7.12. The van der Waals surface area contributed by atoms with Crippen LogP contribution in [-0.2, 0) is 22.2 Å². The Hall–Kier alpha value is -2.27. The molecule has 0 aliphatic heterocycles. The molecule has 0 saturated heterocycles. The molecule has 0 aliphatic carbocycles. The minimum Gasteiger partial charge on any atom is -0.395 e. The van der Waals surface area contributed by atoms with Crippen molar-refractivity contribution in [3.63, 3.8) is 0 Å². The first-order valence-corrected chi connectivity index (χ1v) is 8.92. The van der Waals surface area contributed by atoms with Crippen LogP contribution in [0.4, 0.5) is 4.39 Å². The predicted molar refractivity (Wildman–Crippen MR) is 87.9 cm³/mol. The molecule has 0 aromatic heterocycles. The van der Waals surface area contributed by atoms with E-state index in [0.717, 1.165) is 11.6 Å². The third-order valence-electron chi connectivity index (χ3n) is 3.41. The number of nitriles is 1. The number of hydrogen-bond acceptors (Lipinski definition) is 4. The molecule has 0 radical (unpaired) electrons. The van der Waals surface area contributed by atoms with Gasteiger partial charge in [0.1, 0.15) is 5.82 Å². The zero-order chi connectivity index (χ0) is 17.6. The summed E-state index contributed by atoms with van der Waals surface area (Å²) in [7, 11) is -3.87. The molecule has 2 N–H and O–H groups in total. The molecular weight excluding hydrogens is 331 g/mol. The summed E-state index contributed by atoms with van der Waals surface area (Å²) in [6.45, 7) is -0.380. The summed E-state index contributed by atoms with van der Waals surface area (Å²) in [6.07, 6.45) is 0.317. The van der Waals surface area contributed by atoms with Gasteiger partial charge in [-0.1, -0.05) is 30.3 Å². The van der Waals surface area contributed by atoms with E-state index < -0.39 is 27.6 Å². The number of halogens is 1. The third kappa shape index (κ3) is 5.13. The van der Waals surface area contributed by atoms with Crippen LogP contribution in [0.5, 0.6) is 0 Å². The number of aliphatic hydroxyl groups excluding tert-OH is 1. The Morgan fingerprint density at radius 1 is 1.21 bits per heavy atom. The number of nitrogens with one attached hydrogen (secondary N) is 1. The Morgan fingerprint density at radius 2 is 1.92 bits per heavy atom. The number of hydrogen-bond donors (Lipinski definition) is 2. The van der Waals surface area contributed by atoms with Gasteiger partial charge in [0.2, 0.25) is 10.0 Å². The van der Waals surface area contributed by atoms with E-state index in [1.54, 1.807) is 0 Å². The fourth-order valence-electron chi connectivity index (χ4n) is 2.30. The van der Waals surface area contributed by atoms with Gasteiger partial charge in [0.25, 0.3) is 0 Å². The topological polar surface area (TPSA) is 90.2 Å². The molecule has 0 aliphatic rings. The molecule has 0 unspecified atom stereocenters. The minimum absolute atomic E-state index is 0.0852. The largest absolute Gasteiger partial charge is 0.395 e. The van der Waals surface area contributed by atoms with Gasteiger partial charge in [0.05, 0.1) is 24.0 Å². The van der Waals surface area contributed by atoms with Gasteiger partial charge in [-0.15, -0.1) is 0 Å². The number of benzene rings is 2. The second-order valence-electron chi connectivity index (χ2n) is 5.36. The van der Waals surface area contributed by atoms with Crippen molar-refractivity contribution in [3.8, 4) is 6.07 Å². The van der Waals surface area contributed by atoms with Crippen LogP contribution in [0.2, 0.25) is 0 Å². The monoisotopic (exact) mass is 348 g/mol. The smallest absolute Gasteiger partial charge is 0.216 e. The van der Waals surface area contributed by atoms with Crippen molar-refractivity contribution >= 4 is 10.0 Å². The molecule has 5 nitrogen and oxygen atoms in total. The molecule has 0 fully saturated rings. The maximum absolute atomic E-state index is 13.8. The Morgan fingerprint density at radius 3 is 2.54 bits per heavy atom. The lowest BCUT2D eigenvalue weighted by molar-refractivity contribution is 0.256. The number of sulfonamides is 1. The molecule has 7 heteroatoms. The first-order valence-electron chi connectivity index (χ1n) is 7.27. The highest BCUT2D eigenvalue weighted by molar-refractivity contribution is 7.88. The highest BCUT2D eigenvalue weighted by atomic mass is 32.2. The Labute approximate surface area is 140 Å². The van der Waals surface area contributed by atoms with Gasteiger partial charge in [-0.3, -0.25) is 0 Å². The summed E-state index contributed by atoms with van der Waals surface area (Å²) in [4.78, 5) is 0. The van der Waals surface area contributed by atoms with Crippen LogP contribution in [0.25, 0.3) is 0 Å². The van der Waals surface area contributed by atoms with E-state index >= 15 is 0 Å². The minimum atomic E-state index is -3.87. The maximum atomic E-state index is 13.8. The average Bonchev–Trinajstić information content (AvgIpc) is 2.56. The lowest BCUT2D eigenvalue weighted by Crippen LogP contribution is -2.39. The second kappa shape index (κ2) is 8.02. The molecule has 24 heavy (non-hydrogen) atoms. The number of rotatable bonds is 7. The lowest BCUT2D eigenvalue weighted by Gasteiger charge is -2.17. The van der Waals surface area contributed by atoms with Crippen LogP contribution in [0.3, 0.4) is 0 Å². The third-order valence-corrected chi connectivity index (χ3v) is 4.80. The van der Waals surface area contributed by atoms with E-state index in [9.17, 15) is 17.9 Å². The Bertz CT molecular complexity index is 833. The molecule has 2 rings (SSSR count). The van der Waals surface area contributed by atoms with E-state index in [4.69, 9.17) is 5.26 Å². The summed E-state index contributed by atoms with van der Waals surface area (Å²) in [6, 6.07) is 13.8. The van der Waals surface area contributed by atoms with Crippen molar-refractivity contribution in [3.05, 3.63) is 71.0 Å². The molecule has 126 valence electrons. The fraction of sp³-hybridized carbons (Fsp3) is 0.235. The van der Waals surface area contributed by atoms with Gasteiger partial charge < -0.3 is 5.11 Å². The van der Waals surface area contributed by atoms with Crippen molar-refractivity contribution in [2.45, 2.75) is 18.2 Å². The number of aliphatic hydroxyl groups is 1. The quantitative estimate of drug-likeness (QED) is 0.797. The zero-order valence-corrected chi connectivity index (χ0v) is 13.6. The molecule has 0 heterocycles. The standard InChI is InChI=1S/C17H17FN2O3S/c18-17-7-6-14(10-19)8-15(17)12-24(22,23)20-16(11-21)9-13-4-2-1-3-5-13/h1-8,16,20-21H,9,11-12H2/t16-/m1/s1. The van der Waals surface area contributed by atoms with Crippen molar-refractivity contribution in [1.82, 2.24) is 4.72 Å². The summed E-state index contributed by atoms with van der Waals surface area (Å²) < 4.78 is 40.6. The lowest BCUT2D eigenvalue weighted by atomic mass is 10.1. The molecule has 2 aromatic carbocycles. The van der Waals surface area contributed by atoms with Crippen molar-refractivity contribution < 1.29 is 17.9 Å². The normalized spacial score (nSPS) is 12.5. The molecule has 2 aromatic rings. The highest BCUT2D eigenvalue weighted by Gasteiger charge is 2.20. The molecule has 0 amide bonds. The van der Waals surface area contributed by atoms with Crippen LogP contribution in [0.15, 0.2) is 48.5 Å². The van der Waals surface area contributed by atoms with Crippen LogP contribution in [0.1, 0.15) is 16.7 Å². The SMILES string of the molecule is N#Cc1ccc(F)c(CS(=O)(=O)N[C@@H](CO)Cc2ccccc2)c1. The molecule has 1 atom stereocenters. The first-order chi connectivity index (χ1) is 11.4. The molecule has 0 saturated carbocycles. The summed E-state index contributed by atoms with van der Waals surface area (Å²) >= 11 is 0. The van der Waals surface area contributed by atoms with Crippen LogP contribution in [0, 0.1) is 17.1 Å². The fourth-order valence-corrected chi connectivity index (χ4v) is 3.68. The van der Waals surface area contributed by atoms with Gasteiger partial charge in [-0.25, -0.2) is 17.5 Å². The van der Waals surface area contributed by atoms with E-state index in [2.05, 4.69) is 4.72 Å². The summed E-state index contributed by atoms with van der Waals surface area (Å²) in [5.41, 5.74) is 0.972. The van der Waals surface area contributed by atoms with E-state index in [-0.39, 0.29) is 17.7 Å². The Kier molecular flexibility index (Phi) is 6.04. The van der Waals surface area contributed by atoms with Crippen LogP contribution in [-0.4, -0.2) is 26.2 Å². The highest BCUT2D eigenvalue weighted by Crippen LogP contribution is 2.14. The summed E-state index contributed by atoms with van der Waals surface area (Å²) in [5, 5.41) is 18.2. The van der Waals surface area contributed by atoms with Crippen molar-refractivity contribution in [1.29, 1.82) is 5.26 Å². The number of nitrogens with zero attached hydrogens (tertiary/aromatic N) is 1. The Balaban J connectivity index is 2.11. The van der Waals surface area contributed by atoms with Crippen LogP contribution < -0.4 is 4.72 Å². The molecular formula is C17H17FN2O3S. The van der Waals surface area contributed by atoms with Gasteiger partial charge in [0.15, 0.2) is 0 Å². The maximum Gasteiger partial charge on any atom is 0.216 e.